The van der Waals surface area contributed by atoms with Crippen molar-refractivity contribution >= 4 is 23.4 Å². The molecule has 6 heteroatoms. The average molecular weight is 314 g/mol. The fourth-order valence-corrected chi connectivity index (χ4v) is 1.97. The van der Waals surface area contributed by atoms with E-state index in [4.69, 9.17) is 4.74 Å². The van der Waals surface area contributed by atoms with Crippen molar-refractivity contribution in [2.24, 2.45) is 0 Å². The smallest absolute Gasteiger partial charge is 0.340 e. The van der Waals surface area contributed by atoms with Crippen LogP contribution in [0.25, 0.3) is 0 Å². The third kappa shape index (κ3) is 4.95. The van der Waals surface area contributed by atoms with Gasteiger partial charge >= 0.3 is 5.97 Å². The average Bonchev–Trinajstić information content (AvgIpc) is 2.46. The molecule has 0 atom stereocenters. The summed E-state index contributed by atoms with van der Waals surface area (Å²) in [7, 11) is 0. The molecule has 0 amide bonds. The van der Waals surface area contributed by atoms with E-state index in [1.165, 1.54) is 0 Å². The van der Waals surface area contributed by atoms with Gasteiger partial charge in [-0.15, -0.1) is 0 Å². The lowest BCUT2D eigenvalue weighted by molar-refractivity contribution is 0.0527. The number of anilines is 3. The van der Waals surface area contributed by atoms with Crippen LogP contribution in [0.2, 0.25) is 0 Å². The zero-order chi connectivity index (χ0) is 16.9. The van der Waals surface area contributed by atoms with Crippen molar-refractivity contribution in [2.75, 3.05) is 17.2 Å². The molecule has 0 fully saturated rings. The highest BCUT2D eigenvalue weighted by molar-refractivity contribution is 5.96. The first-order valence-corrected chi connectivity index (χ1v) is 7.53. The van der Waals surface area contributed by atoms with Crippen LogP contribution in [0, 0.1) is 0 Å². The molecule has 23 heavy (non-hydrogen) atoms. The molecule has 0 bridgehead atoms. The van der Waals surface area contributed by atoms with Gasteiger partial charge in [-0.1, -0.05) is 12.1 Å². The van der Waals surface area contributed by atoms with Gasteiger partial charge in [-0.25, -0.2) is 9.78 Å². The molecule has 0 aliphatic carbocycles. The molecule has 2 N–H and O–H groups in total. The molecule has 2 aromatic rings. The van der Waals surface area contributed by atoms with Gasteiger partial charge in [0.25, 0.3) is 0 Å². The standard InChI is InChI=1S/C17H22N4O2/c1-5-23-15(22)12-8-6-7-9-13(12)19-16-18-11-10-14(20-16)21-17(2,3)4/h6-11H,5H2,1-4H3,(H2,18,19,20,21). The Balaban J connectivity index is 2.23. The Hall–Kier alpha value is -2.63. The van der Waals surface area contributed by atoms with Gasteiger partial charge in [0.2, 0.25) is 5.95 Å². The summed E-state index contributed by atoms with van der Waals surface area (Å²) < 4.78 is 5.06. The minimum absolute atomic E-state index is 0.103. The van der Waals surface area contributed by atoms with Crippen LogP contribution in [-0.4, -0.2) is 28.1 Å². The molecule has 6 nitrogen and oxygen atoms in total. The zero-order valence-corrected chi connectivity index (χ0v) is 13.9. The number of nitrogens with one attached hydrogen (secondary N) is 2. The van der Waals surface area contributed by atoms with Crippen LogP contribution in [-0.2, 0) is 4.74 Å². The highest BCUT2D eigenvalue weighted by Gasteiger charge is 2.14. The van der Waals surface area contributed by atoms with Crippen LogP contribution in [0.4, 0.5) is 17.5 Å². The summed E-state index contributed by atoms with van der Waals surface area (Å²) in [5.41, 5.74) is 0.958. The van der Waals surface area contributed by atoms with E-state index in [-0.39, 0.29) is 11.5 Å². The van der Waals surface area contributed by atoms with Gasteiger partial charge in [0.15, 0.2) is 0 Å². The number of aromatic nitrogens is 2. The van der Waals surface area contributed by atoms with E-state index in [1.54, 1.807) is 37.4 Å². The number of rotatable bonds is 5. The van der Waals surface area contributed by atoms with Gasteiger partial charge in [-0.2, -0.15) is 4.98 Å². The first kappa shape index (κ1) is 16.7. The molecular weight excluding hydrogens is 292 g/mol. The molecule has 0 aliphatic heterocycles. The second-order valence-electron chi connectivity index (χ2n) is 6.03. The van der Waals surface area contributed by atoms with Crippen LogP contribution in [0.15, 0.2) is 36.5 Å². The number of esters is 1. The van der Waals surface area contributed by atoms with Crippen LogP contribution in [0.1, 0.15) is 38.1 Å². The number of ether oxygens (including phenoxy) is 1. The number of nitrogens with zero attached hydrogens (tertiary/aromatic N) is 2. The first-order valence-electron chi connectivity index (χ1n) is 7.53. The number of carbonyl (C=O) groups is 1. The van der Waals surface area contributed by atoms with Crippen LogP contribution < -0.4 is 10.6 Å². The highest BCUT2D eigenvalue weighted by atomic mass is 16.5. The molecule has 0 spiro atoms. The zero-order valence-electron chi connectivity index (χ0n) is 13.9. The van der Waals surface area contributed by atoms with Crippen LogP contribution in [0.5, 0.6) is 0 Å². The minimum atomic E-state index is -0.375. The summed E-state index contributed by atoms with van der Waals surface area (Å²) in [6.07, 6.45) is 1.66. The van der Waals surface area contributed by atoms with Crippen LogP contribution >= 0.6 is 0 Å². The first-order chi connectivity index (χ1) is 10.9. The van der Waals surface area contributed by atoms with E-state index in [0.29, 0.717) is 29.6 Å². The summed E-state index contributed by atoms with van der Waals surface area (Å²) in [5, 5.41) is 6.36. The molecule has 0 saturated heterocycles. The molecule has 0 unspecified atom stereocenters. The largest absolute Gasteiger partial charge is 0.462 e. The van der Waals surface area contributed by atoms with Crippen LogP contribution in [0.3, 0.4) is 0 Å². The lowest BCUT2D eigenvalue weighted by Gasteiger charge is -2.21. The van der Waals surface area contributed by atoms with Crippen molar-refractivity contribution in [1.82, 2.24) is 9.97 Å². The third-order valence-corrected chi connectivity index (χ3v) is 2.83. The van der Waals surface area contributed by atoms with Gasteiger partial charge < -0.3 is 15.4 Å². The Morgan fingerprint density at radius 2 is 1.96 bits per heavy atom. The Morgan fingerprint density at radius 3 is 2.65 bits per heavy atom. The molecule has 0 saturated carbocycles. The van der Waals surface area contributed by atoms with E-state index < -0.39 is 0 Å². The minimum Gasteiger partial charge on any atom is -0.462 e. The van der Waals surface area contributed by atoms with Gasteiger partial charge in [0, 0.05) is 11.7 Å². The van der Waals surface area contributed by atoms with Crippen molar-refractivity contribution < 1.29 is 9.53 Å². The molecule has 2 rings (SSSR count). The number of benzene rings is 1. The maximum absolute atomic E-state index is 12.0. The summed E-state index contributed by atoms with van der Waals surface area (Å²) in [5.74, 6) is 0.749. The lowest BCUT2D eigenvalue weighted by atomic mass is 10.1. The monoisotopic (exact) mass is 314 g/mol. The maximum Gasteiger partial charge on any atom is 0.340 e. The summed E-state index contributed by atoms with van der Waals surface area (Å²) >= 11 is 0. The molecule has 1 aromatic heterocycles. The van der Waals surface area contributed by atoms with E-state index >= 15 is 0 Å². The van der Waals surface area contributed by atoms with Gasteiger partial charge in [-0.05, 0) is 45.9 Å². The van der Waals surface area contributed by atoms with Crippen molar-refractivity contribution in [3.8, 4) is 0 Å². The quantitative estimate of drug-likeness (QED) is 0.821. The summed E-state index contributed by atoms with van der Waals surface area (Å²) in [6.45, 7) is 8.27. The number of hydrogen-bond donors (Lipinski definition) is 2. The molecule has 0 aliphatic rings. The van der Waals surface area contributed by atoms with Gasteiger partial charge in [-0.3, -0.25) is 0 Å². The summed E-state index contributed by atoms with van der Waals surface area (Å²) in [4.78, 5) is 20.6. The van der Waals surface area contributed by atoms with Gasteiger partial charge in [0.1, 0.15) is 5.82 Å². The number of carbonyl (C=O) groups excluding carboxylic acids is 1. The second-order valence-corrected chi connectivity index (χ2v) is 6.03. The van der Waals surface area contributed by atoms with E-state index in [2.05, 4.69) is 41.4 Å². The lowest BCUT2D eigenvalue weighted by Crippen LogP contribution is -2.26. The second kappa shape index (κ2) is 7.09. The van der Waals surface area contributed by atoms with Crippen molar-refractivity contribution in [3.63, 3.8) is 0 Å². The van der Waals surface area contributed by atoms with Crippen molar-refractivity contribution in [2.45, 2.75) is 33.2 Å². The van der Waals surface area contributed by atoms with Crippen molar-refractivity contribution in [3.05, 3.63) is 42.1 Å². The highest BCUT2D eigenvalue weighted by Crippen LogP contribution is 2.21. The Morgan fingerprint density at radius 1 is 1.22 bits per heavy atom. The molecule has 0 radical (unpaired) electrons. The normalized spacial score (nSPS) is 11.0. The molecule has 122 valence electrons. The third-order valence-electron chi connectivity index (χ3n) is 2.83. The van der Waals surface area contributed by atoms with E-state index in [1.807, 2.05) is 6.07 Å². The Kier molecular flexibility index (Phi) is 5.16. The predicted molar refractivity (Wildman–Crippen MR) is 91.1 cm³/mol. The molecule has 1 aromatic carbocycles. The fraction of sp³-hybridized carbons (Fsp3) is 0.353. The van der Waals surface area contributed by atoms with E-state index in [0.717, 1.165) is 0 Å². The Labute approximate surface area is 136 Å². The number of para-hydroxylation sites is 1. The fourth-order valence-electron chi connectivity index (χ4n) is 1.97. The molecular formula is C17H22N4O2. The van der Waals surface area contributed by atoms with Crippen molar-refractivity contribution in [1.29, 1.82) is 0 Å². The SMILES string of the molecule is CCOC(=O)c1ccccc1Nc1nccc(NC(C)(C)C)n1. The topological polar surface area (TPSA) is 76.1 Å². The predicted octanol–water partition coefficient (Wildman–Crippen LogP) is 3.61. The number of hydrogen-bond acceptors (Lipinski definition) is 6. The van der Waals surface area contributed by atoms with Gasteiger partial charge in [0.05, 0.1) is 17.9 Å². The van der Waals surface area contributed by atoms with E-state index in [9.17, 15) is 4.79 Å². The maximum atomic E-state index is 12.0. The Bertz CT molecular complexity index is 680. The molecule has 1 heterocycles. The summed E-state index contributed by atoms with van der Waals surface area (Å²) in [6, 6.07) is 8.92.